The fourth-order valence-electron chi connectivity index (χ4n) is 1.63. The summed E-state index contributed by atoms with van der Waals surface area (Å²) in [5.41, 5.74) is 0. The van der Waals surface area contributed by atoms with Crippen molar-refractivity contribution in [3.8, 4) is 11.6 Å². The predicted molar refractivity (Wildman–Crippen MR) is 68.5 cm³/mol. The lowest BCUT2D eigenvalue weighted by molar-refractivity contribution is 0.0912. The van der Waals surface area contributed by atoms with Crippen LogP contribution in [0.4, 0.5) is 0 Å². The van der Waals surface area contributed by atoms with Crippen molar-refractivity contribution in [1.82, 2.24) is 4.98 Å². The Hall–Kier alpha value is -1.33. The molecule has 1 aliphatic heterocycles. The van der Waals surface area contributed by atoms with E-state index >= 15 is 0 Å². The van der Waals surface area contributed by atoms with Crippen LogP contribution in [0.15, 0.2) is 18.3 Å². The monoisotopic (exact) mass is 265 g/mol. The van der Waals surface area contributed by atoms with Crippen LogP contribution in [0.2, 0.25) is 0 Å². The highest BCUT2D eigenvalue weighted by Gasteiger charge is 2.23. The summed E-state index contributed by atoms with van der Waals surface area (Å²) in [6.07, 6.45) is 4.56. The second-order valence-electron chi connectivity index (χ2n) is 4.97. The second kappa shape index (κ2) is 6.21. The molecule has 1 unspecified atom stereocenters. The maximum atomic E-state index is 5.49. The molecule has 5 heteroatoms. The van der Waals surface area contributed by atoms with E-state index in [0.717, 1.165) is 24.9 Å². The van der Waals surface area contributed by atoms with E-state index in [2.05, 4.69) is 4.98 Å². The van der Waals surface area contributed by atoms with Gasteiger partial charge in [0.2, 0.25) is 5.88 Å². The summed E-state index contributed by atoms with van der Waals surface area (Å²) in [6.45, 7) is 3.42. The Morgan fingerprint density at radius 2 is 2.05 bits per heavy atom. The number of rotatable bonds is 9. The number of nitrogens with zero attached hydrogens (tertiary/aromatic N) is 1. The topological polar surface area (TPSA) is 53.1 Å². The molecular weight excluding hydrogens is 246 g/mol. The van der Waals surface area contributed by atoms with Gasteiger partial charge in [0.1, 0.15) is 25.1 Å². The minimum Gasteiger partial charge on any atom is -0.489 e. The average Bonchev–Trinajstić information content (AvgIpc) is 3.31. The van der Waals surface area contributed by atoms with E-state index in [4.69, 9.17) is 18.9 Å². The van der Waals surface area contributed by atoms with E-state index in [9.17, 15) is 0 Å². The molecule has 1 aromatic rings. The Morgan fingerprint density at radius 1 is 1.16 bits per heavy atom. The smallest absolute Gasteiger partial charge is 0.213 e. The van der Waals surface area contributed by atoms with Crippen molar-refractivity contribution in [3.05, 3.63) is 18.3 Å². The van der Waals surface area contributed by atoms with Gasteiger partial charge in [0.25, 0.3) is 0 Å². The SMILES string of the molecule is c1cc(OCCOCC2CC2)ncc1OCC1CO1. The quantitative estimate of drug-likeness (QED) is 0.502. The van der Waals surface area contributed by atoms with Crippen LogP contribution in [0.5, 0.6) is 11.6 Å². The van der Waals surface area contributed by atoms with Crippen molar-refractivity contribution < 1.29 is 18.9 Å². The molecule has 1 atom stereocenters. The number of ether oxygens (including phenoxy) is 4. The normalized spacial score (nSPS) is 21.2. The molecule has 5 nitrogen and oxygen atoms in total. The van der Waals surface area contributed by atoms with Gasteiger partial charge in [-0.1, -0.05) is 0 Å². The van der Waals surface area contributed by atoms with E-state index in [1.54, 1.807) is 6.20 Å². The van der Waals surface area contributed by atoms with E-state index in [0.29, 0.717) is 25.7 Å². The molecule has 0 aromatic carbocycles. The van der Waals surface area contributed by atoms with Gasteiger partial charge in [-0.3, -0.25) is 0 Å². The number of aromatic nitrogens is 1. The molecule has 2 heterocycles. The van der Waals surface area contributed by atoms with Crippen molar-refractivity contribution in [3.63, 3.8) is 0 Å². The van der Waals surface area contributed by atoms with Crippen LogP contribution >= 0.6 is 0 Å². The van der Waals surface area contributed by atoms with Crippen LogP contribution in [0, 0.1) is 5.92 Å². The van der Waals surface area contributed by atoms with E-state index in [1.807, 2.05) is 12.1 Å². The van der Waals surface area contributed by atoms with Gasteiger partial charge in [-0.15, -0.1) is 0 Å². The Bertz CT molecular complexity index is 387. The van der Waals surface area contributed by atoms with Crippen LogP contribution < -0.4 is 9.47 Å². The summed E-state index contributed by atoms with van der Waals surface area (Å²) >= 11 is 0. The lowest BCUT2D eigenvalue weighted by Crippen LogP contribution is -2.09. The second-order valence-corrected chi connectivity index (χ2v) is 4.97. The Morgan fingerprint density at radius 3 is 2.74 bits per heavy atom. The molecule has 104 valence electrons. The van der Waals surface area contributed by atoms with Crippen LogP contribution in [-0.2, 0) is 9.47 Å². The van der Waals surface area contributed by atoms with E-state index < -0.39 is 0 Å². The highest BCUT2D eigenvalue weighted by Crippen LogP contribution is 2.28. The molecule has 3 rings (SSSR count). The number of epoxide rings is 1. The molecular formula is C14H19NO4. The highest BCUT2D eigenvalue weighted by atomic mass is 16.6. The van der Waals surface area contributed by atoms with Gasteiger partial charge in [-0.2, -0.15) is 0 Å². The minimum absolute atomic E-state index is 0.263. The molecule has 2 fully saturated rings. The molecule has 0 spiro atoms. The lowest BCUT2D eigenvalue weighted by atomic mass is 10.4. The van der Waals surface area contributed by atoms with Gasteiger partial charge in [-0.05, 0) is 24.8 Å². The van der Waals surface area contributed by atoms with Crippen molar-refractivity contribution in [2.45, 2.75) is 18.9 Å². The molecule has 1 saturated carbocycles. The van der Waals surface area contributed by atoms with Gasteiger partial charge >= 0.3 is 0 Å². The van der Waals surface area contributed by atoms with Crippen LogP contribution in [0.3, 0.4) is 0 Å². The molecule has 1 aromatic heterocycles. The Kier molecular flexibility index (Phi) is 4.15. The molecule has 0 bridgehead atoms. The third-order valence-corrected chi connectivity index (χ3v) is 3.08. The molecule has 19 heavy (non-hydrogen) atoms. The third kappa shape index (κ3) is 4.69. The third-order valence-electron chi connectivity index (χ3n) is 3.08. The summed E-state index contributed by atoms with van der Waals surface area (Å²) in [7, 11) is 0. The zero-order chi connectivity index (χ0) is 12.9. The maximum absolute atomic E-state index is 5.49. The van der Waals surface area contributed by atoms with Gasteiger partial charge < -0.3 is 18.9 Å². The molecule has 2 aliphatic rings. The minimum atomic E-state index is 0.263. The largest absolute Gasteiger partial charge is 0.489 e. The Labute approximate surface area is 112 Å². The predicted octanol–water partition coefficient (Wildman–Crippen LogP) is 1.66. The van der Waals surface area contributed by atoms with Crippen LogP contribution in [-0.4, -0.2) is 44.1 Å². The van der Waals surface area contributed by atoms with E-state index in [1.165, 1.54) is 12.8 Å². The molecule has 0 amide bonds. The van der Waals surface area contributed by atoms with Gasteiger partial charge in [-0.25, -0.2) is 4.98 Å². The maximum Gasteiger partial charge on any atom is 0.213 e. The first kappa shape index (κ1) is 12.7. The molecule has 0 radical (unpaired) electrons. The summed E-state index contributed by atoms with van der Waals surface area (Å²) in [5.74, 6) is 2.14. The zero-order valence-corrected chi connectivity index (χ0v) is 10.9. The summed E-state index contributed by atoms with van der Waals surface area (Å²) in [6, 6.07) is 3.67. The average molecular weight is 265 g/mol. The molecule has 0 N–H and O–H groups in total. The van der Waals surface area contributed by atoms with Gasteiger partial charge in [0, 0.05) is 12.7 Å². The van der Waals surface area contributed by atoms with Crippen LogP contribution in [0.1, 0.15) is 12.8 Å². The molecule has 1 saturated heterocycles. The van der Waals surface area contributed by atoms with Crippen molar-refractivity contribution in [2.75, 3.05) is 33.0 Å². The number of hydrogen-bond donors (Lipinski definition) is 0. The number of pyridine rings is 1. The van der Waals surface area contributed by atoms with Gasteiger partial charge in [0.05, 0.1) is 19.4 Å². The van der Waals surface area contributed by atoms with Gasteiger partial charge in [0.15, 0.2) is 0 Å². The first-order chi connectivity index (χ1) is 9.40. The van der Waals surface area contributed by atoms with E-state index in [-0.39, 0.29) is 6.10 Å². The highest BCUT2D eigenvalue weighted by molar-refractivity contribution is 5.22. The fourth-order valence-corrected chi connectivity index (χ4v) is 1.63. The first-order valence-corrected chi connectivity index (χ1v) is 6.81. The van der Waals surface area contributed by atoms with Crippen molar-refractivity contribution in [2.24, 2.45) is 5.92 Å². The summed E-state index contributed by atoms with van der Waals surface area (Å²) < 4.78 is 21.5. The molecule has 1 aliphatic carbocycles. The number of hydrogen-bond acceptors (Lipinski definition) is 5. The standard InChI is InChI=1S/C14H19NO4/c1-2-11(1)8-16-5-6-17-14-4-3-12(7-15-14)18-9-13-10-19-13/h3-4,7,11,13H,1-2,5-6,8-10H2. The zero-order valence-electron chi connectivity index (χ0n) is 10.9. The summed E-state index contributed by atoms with van der Waals surface area (Å²) in [5, 5.41) is 0. The van der Waals surface area contributed by atoms with Crippen LogP contribution in [0.25, 0.3) is 0 Å². The van der Waals surface area contributed by atoms with Crippen molar-refractivity contribution in [1.29, 1.82) is 0 Å². The fraction of sp³-hybridized carbons (Fsp3) is 0.643. The lowest BCUT2D eigenvalue weighted by Gasteiger charge is -2.07. The van der Waals surface area contributed by atoms with Crippen molar-refractivity contribution >= 4 is 0 Å². The first-order valence-electron chi connectivity index (χ1n) is 6.81. The Balaban J connectivity index is 1.30. The summed E-state index contributed by atoms with van der Waals surface area (Å²) in [4.78, 5) is 4.18.